The molecule has 0 N–H and O–H groups in total. The largest absolute Gasteiger partial charge is 0.336 e. The van der Waals surface area contributed by atoms with Gasteiger partial charge in [-0.1, -0.05) is 18.2 Å². The molecule has 1 atom stereocenters. The molecule has 32 heavy (non-hydrogen) atoms. The fourth-order valence-corrected chi connectivity index (χ4v) is 4.18. The van der Waals surface area contributed by atoms with Gasteiger partial charge in [0.1, 0.15) is 17.7 Å². The van der Waals surface area contributed by atoms with Gasteiger partial charge in [-0.25, -0.2) is 18.3 Å². The van der Waals surface area contributed by atoms with Crippen LogP contribution in [-0.4, -0.2) is 63.9 Å². The van der Waals surface area contributed by atoms with Crippen molar-refractivity contribution in [1.29, 1.82) is 0 Å². The number of nitrogens with zero attached hydrogens (tertiary/aromatic N) is 5. The van der Waals surface area contributed by atoms with Crippen molar-refractivity contribution in [2.75, 3.05) is 31.1 Å². The summed E-state index contributed by atoms with van der Waals surface area (Å²) in [5, 5.41) is 5.06. The number of aromatic nitrogens is 2. The number of carbonyl (C=O) groups is 2. The Kier molecular flexibility index (Phi) is 5.08. The fraction of sp³-hybridized carbons (Fsp3) is 0.261. The molecular formula is C23H21F2N5O2. The molecule has 2 aliphatic heterocycles. The van der Waals surface area contributed by atoms with Crippen molar-refractivity contribution in [1.82, 2.24) is 19.6 Å². The molecule has 0 unspecified atom stereocenters. The van der Waals surface area contributed by atoms with Gasteiger partial charge in [-0.15, -0.1) is 0 Å². The van der Waals surface area contributed by atoms with Crippen LogP contribution in [0.3, 0.4) is 0 Å². The van der Waals surface area contributed by atoms with Gasteiger partial charge in [0.05, 0.1) is 23.9 Å². The van der Waals surface area contributed by atoms with Crippen LogP contribution in [0.25, 0.3) is 16.6 Å². The number of halogens is 2. The van der Waals surface area contributed by atoms with Gasteiger partial charge >= 0.3 is 6.03 Å². The molecule has 0 bridgehead atoms. The van der Waals surface area contributed by atoms with Gasteiger partial charge in [0.15, 0.2) is 0 Å². The van der Waals surface area contributed by atoms with Crippen LogP contribution in [0, 0.1) is 5.82 Å². The number of urea groups is 1. The van der Waals surface area contributed by atoms with Crippen molar-refractivity contribution in [2.24, 2.45) is 0 Å². The summed E-state index contributed by atoms with van der Waals surface area (Å²) in [6.45, 7) is 1.32. The van der Waals surface area contributed by atoms with Crippen LogP contribution in [-0.2, 0) is 4.79 Å². The minimum Gasteiger partial charge on any atom is -0.336 e. The molecule has 0 radical (unpaired) electrons. The lowest BCUT2D eigenvalue weighted by Crippen LogP contribution is -2.30. The molecule has 164 valence electrons. The molecule has 3 aromatic rings. The molecule has 5 rings (SSSR count). The molecular weight excluding hydrogens is 416 g/mol. The third-order valence-electron chi connectivity index (χ3n) is 5.84. The van der Waals surface area contributed by atoms with Crippen molar-refractivity contribution in [2.45, 2.75) is 12.6 Å². The Labute approximate surface area is 183 Å². The number of para-hydroxylation sites is 1. The molecule has 2 aromatic carbocycles. The lowest BCUT2D eigenvalue weighted by atomic mass is 10.2. The van der Waals surface area contributed by atoms with Crippen molar-refractivity contribution >= 4 is 28.5 Å². The zero-order chi connectivity index (χ0) is 22.2. The molecule has 2 aliphatic rings. The highest BCUT2D eigenvalue weighted by molar-refractivity contribution is 6.04. The number of anilines is 1. The van der Waals surface area contributed by atoms with Gasteiger partial charge < -0.3 is 4.90 Å². The van der Waals surface area contributed by atoms with Gasteiger partial charge in [-0.05, 0) is 30.7 Å². The fourth-order valence-electron chi connectivity index (χ4n) is 4.18. The maximum atomic E-state index is 14.3. The smallest absolute Gasteiger partial charge is 0.328 e. The summed E-state index contributed by atoms with van der Waals surface area (Å²) in [4.78, 5) is 29.7. The minimum atomic E-state index is -0.984. The summed E-state index contributed by atoms with van der Waals surface area (Å²) in [7, 11) is 0. The predicted molar refractivity (Wildman–Crippen MR) is 116 cm³/mol. The number of carbonyl (C=O) groups excluding carboxylic acids is 2. The summed E-state index contributed by atoms with van der Waals surface area (Å²) in [5.41, 5.74) is 1.67. The number of amides is 3. The van der Waals surface area contributed by atoms with Crippen molar-refractivity contribution < 1.29 is 18.4 Å². The van der Waals surface area contributed by atoms with E-state index in [9.17, 15) is 18.4 Å². The SMILES string of the molecule is O=C(/C=C/N1CCN(c2cccc3c2cnn3-c2ccccc2F)C1=O)N1CC[C@H](F)C1. The van der Waals surface area contributed by atoms with Crippen LogP contribution in [0.4, 0.5) is 19.3 Å². The van der Waals surface area contributed by atoms with Crippen molar-refractivity contribution in [3.8, 4) is 5.69 Å². The van der Waals surface area contributed by atoms with Gasteiger partial charge in [-0.3, -0.25) is 14.6 Å². The van der Waals surface area contributed by atoms with Crippen LogP contribution >= 0.6 is 0 Å². The molecule has 2 fully saturated rings. The normalized spacial score (nSPS) is 19.1. The Balaban J connectivity index is 1.38. The molecule has 0 saturated carbocycles. The van der Waals surface area contributed by atoms with E-state index in [0.29, 0.717) is 42.9 Å². The zero-order valence-electron chi connectivity index (χ0n) is 17.2. The second kappa shape index (κ2) is 8.07. The Morgan fingerprint density at radius 2 is 1.88 bits per heavy atom. The van der Waals surface area contributed by atoms with Crippen LogP contribution in [0.1, 0.15) is 6.42 Å². The van der Waals surface area contributed by atoms with Crippen molar-refractivity contribution in [3.63, 3.8) is 0 Å². The molecule has 9 heteroatoms. The summed E-state index contributed by atoms with van der Waals surface area (Å²) >= 11 is 0. The number of benzene rings is 2. The van der Waals surface area contributed by atoms with Gasteiger partial charge in [0.2, 0.25) is 5.91 Å². The molecule has 1 aromatic heterocycles. The first-order valence-corrected chi connectivity index (χ1v) is 10.4. The molecule has 3 heterocycles. The molecule has 0 aliphatic carbocycles. The van der Waals surface area contributed by atoms with Crippen molar-refractivity contribution in [3.05, 3.63) is 66.8 Å². The standard InChI is InChI=1S/C23H21F2N5O2/c24-16-8-10-28(15-16)22(31)9-11-27-12-13-29(23(27)32)19-6-3-7-20-17(19)14-26-30(20)21-5-2-1-4-18(21)25/h1-7,9,11,14,16H,8,10,12-13,15H2/b11-9+/t16-/m0/s1. The Bertz CT molecular complexity index is 1220. The topological polar surface area (TPSA) is 61.7 Å². The number of fused-ring (bicyclic) bond motifs is 1. The maximum absolute atomic E-state index is 14.3. The number of hydrogen-bond donors (Lipinski definition) is 0. The van der Waals surface area contributed by atoms with Crippen LogP contribution in [0.5, 0.6) is 0 Å². The van der Waals surface area contributed by atoms with E-state index in [4.69, 9.17) is 0 Å². The molecule has 3 amide bonds. The number of hydrogen-bond acceptors (Lipinski definition) is 3. The summed E-state index contributed by atoms with van der Waals surface area (Å²) < 4.78 is 29.1. The quantitative estimate of drug-likeness (QED) is 0.587. The Hall–Kier alpha value is -3.75. The lowest BCUT2D eigenvalue weighted by Gasteiger charge is -2.18. The zero-order valence-corrected chi connectivity index (χ0v) is 17.2. The molecule has 7 nitrogen and oxygen atoms in total. The lowest BCUT2D eigenvalue weighted by molar-refractivity contribution is -0.125. The minimum absolute atomic E-state index is 0.0945. The first kappa shape index (κ1) is 20.2. The van der Waals surface area contributed by atoms with Gasteiger partial charge in [0.25, 0.3) is 0 Å². The predicted octanol–water partition coefficient (Wildman–Crippen LogP) is 3.49. The number of alkyl halides is 1. The van der Waals surface area contributed by atoms with E-state index in [2.05, 4.69) is 5.10 Å². The maximum Gasteiger partial charge on any atom is 0.328 e. The summed E-state index contributed by atoms with van der Waals surface area (Å²) in [6.07, 6.45) is 3.75. The average molecular weight is 437 g/mol. The third kappa shape index (κ3) is 3.49. The number of likely N-dealkylation sites (tertiary alicyclic amines) is 1. The van der Waals surface area contributed by atoms with E-state index in [1.54, 1.807) is 35.4 Å². The Morgan fingerprint density at radius 3 is 2.66 bits per heavy atom. The van der Waals surface area contributed by atoms with Gasteiger partial charge in [0, 0.05) is 37.3 Å². The van der Waals surface area contributed by atoms with E-state index in [0.717, 1.165) is 5.39 Å². The van der Waals surface area contributed by atoms with Crippen LogP contribution in [0.15, 0.2) is 60.9 Å². The molecule has 2 saturated heterocycles. The first-order chi connectivity index (χ1) is 15.5. The highest BCUT2D eigenvalue weighted by Gasteiger charge is 2.30. The summed E-state index contributed by atoms with van der Waals surface area (Å²) in [6, 6.07) is 11.5. The first-order valence-electron chi connectivity index (χ1n) is 10.4. The van der Waals surface area contributed by atoms with E-state index in [-0.39, 0.29) is 18.5 Å². The van der Waals surface area contributed by atoms with E-state index in [1.165, 1.54) is 32.8 Å². The van der Waals surface area contributed by atoms with E-state index < -0.39 is 12.0 Å². The highest BCUT2D eigenvalue weighted by atomic mass is 19.1. The van der Waals surface area contributed by atoms with Gasteiger partial charge in [-0.2, -0.15) is 5.10 Å². The van der Waals surface area contributed by atoms with Crippen LogP contribution < -0.4 is 4.90 Å². The number of rotatable bonds is 4. The summed E-state index contributed by atoms with van der Waals surface area (Å²) in [5.74, 6) is -0.692. The Morgan fingerprint density at radius 1 is 1.06 bits per heavy atom. The van der Waals surface area contributed by atoms with E-state index in [1.807, 2.05) is 12.1 Å². The highest BCUT2D eigenvalue weighted by Crippen LogP contribution is 2.31. The monoisotopic (exact) mass is 437 g/mol. The second-order valence-corrected chi connectivity index (χ2v) is 7.83. The van der Waals surface area contributed by atoms with E-state index >= 15 is 0 Å². The second-order valence-electron chi connectivity index (χ2n) is 7.83. The third-order valence-corrected chi connectivity index (χ3v) is 5.84. The van der Waals surface area contributed by atoms with Crippen LogP contribution in [0.2, 0.25) is 0 Å². The average Bonchev–Trinajstić information content (AvgIpc) is 3.51. The molecule has 0 spiro atoms.